The Morgan fingerprint density at radius 3 is 2.71 bits per heavy atom. The zero-order chi connectivity index (χ0) is 9.80. The average Bonchev–Trinajstić information content (AvgIpc) is 2.61. The molecule has 1 saturated carbocycles. The van der Waals surface area contributed by atoms with Gasteiger partial charge in [-0.3, -0.25) is 4.79 Å². The molecule has 1 atom stereocenters. The van der Waals surface area contributed by atoms with Crippen LogP contribution in [-0.4, -0.2) is 25.2 Å². The van der Waals surface area contributed by atoms with Gasteiger partial charge >= 0.3 is 5.97 Å². The number of ether oxygens (including phenoxy) is 1. The first-order valence-corrected chi connectivity index (χ1v) is 5.76. The molecule has 0 amide bonds. The molecule has 0 aromatic carbocycles. The van der Waals surface area contributed by atoms with Gasteiger partial charge in [-0.05, 0) is 31.7 Å². The molecule has 2 aliphatic rings. The molecule has 0 radical (unpaired) electrons. The molecule has 0 aromatic heterocycles. The van der Waals surface area contributed by atoms with Crippen molar-refractivity contribution in [2.24, 2.45) is 5.92 Å². The number of carbonyl (C=O) groups excluding carboxylic acids is 1. The van der Waals surface area contributed by atoms with Gasteiger partial charge in [-0.1, -0.05) is 19.3 Å². The Bertz CT molecular complexity index is 195. The van der Waals surface area contributed by atoms with Crippen LogP contribution in [0.25, 0.3) is 0 Å². The third-order valence-corrected chi connectivity index (χ3v) is 3.34. The molecule has 1 N–H and O–H groups in total. The summed E-state index contributed by atoms with van der Waals surface area (Å²) in [6, 6.07) is -0.0172. The molecule has 1 aliphatic heterocycles. The van der Waals surface area contributed by atoms with Crippen LogP contribution in [0, 0.1) is 5.92 Å². The highest BCUT2D eigenvalue weighted by atomic mass is 16.5. The Morgan fingerprint density at radius 1 is 1.29 bits per heavy atom. The highest BCUT2D eigenvalue weighted by Gasteiger charge is 2.24. The van der Waals surface area contributed by atoms with E-state index in [4.69, 9.17) is 4.74 Å². The van der Waals surface area contributed by atoms with Gasteiger partial charge in [-0.25, -0.2) is 0 Å². The molecule has 3 nitrogen and oxygen atoms in total. The zero-order valence-corrected chi connectivity index (χ0v) is 8.63. The first-order valence-electron chi connectivity index (χ1n) is 5.76. The van der Waals surface area contributed by atoms with Crippen LogP contribution in [0.5, 0.6) is 0 Å². The second-order valence-corrected chi connectivity index (χ2v) is 4.40. The monoisotopic (exact) mass is 197 g/mol. The first-order chi connectivity index (χ1) is 6.86. The Labute approximate surface area is 85.2 Å². The van der Waals surface area contributed by atoms with Crippen LogP contribution >= 0.6 is 0 Å². The molecule has 0 bridgehead atoms. The van der Waals surface area contributed by atoms with E-state index in [9.17, 15) is 4.79 Å². The standard InChI is InChI=1S/C11H19NO2/c13-11(10-5-2-7-12-10)14-8-6-9-3-1-4-9/h9-10,12H,1-8H2/t10-/m0/s1. The summed E-state index contributed by atoms with van der Waals surface area (Å²) in [7, 11) is 0. The van der Waals surface area contributed by atoms with E-state index in [-0.39, 0.29) is 12.0 Å². The van der Waals surface area contributed by atoms with E-state index in [1.807, 2.05) is 0 Å². The van der Waals surface area contributed by atoms with Crippen molar-refractivity contribution in [3.05, 3.63) is 0 Å². The maximum absolute atomic E-state index is 11.4. The summed E-state index contributed by atoms with van der Waals surface area (Å²) in [4.78, 5) is 11.4. The smallest absolute Gasteiger partial charge is 0.323 e. The normalized spacial score (nSPS) is 27.3. The first kappa shape index (κ1) is 9.97. The molecule has 3 heteroatoms. The summed E-state index contributed by atoms with van der Waals surface area (Å²) >= 11 is 0. The number of hydrogen-bond donors (Lipinski definition) is 1. The lowest BCUT2D eigenvalue weighted by Crippen LogP contribution is -2.32. The molecule has 1 saturated heterocycles. The van der Waals surface area contributed by atoms with Gasteiger partial charge in [0.15, 0.2) is 0 Å². The van der Waals surface area contributed by atoms with Gasteiger partial charge in [0.05, 0.1) is 6.61 Å². The Hall–Kier alpha value is -0.570. The topological polar surface area (TPSA) is 38.3 Å². The van der Waals surface area contributed by atoms with Crippen molar-refractivity contribution < 1.29 is 9.53 Å². The molecular formula is C11H19NO2. The van der Waals surface area contributed by atoms with Gasteiger partial charge in [-0.15, -0.1) is 0 Å². The van der Waals surface area contributed by atoms with Crippen molar-refractivity contribution in [2.75, 3.05) is 13.2 Å². The fourth-order valence-corrected chi connectivity index (χ4v) is 2.09. The zero-order valence-electron chi connectivity index (χ0n) is 8.63. The molecule has 0 unspecified atom stereocenters. The van der Waals surface area contributed by atoms with Crippen molar-refractivity contribution in [3.8, 4) is 0 Å². The van der Waals surface area contributed by atoms with Crippen LogP contribution in [0.4, 0.5) is 0 Å². The summed E-state index contributed by atoms with van der Waals surface area (Å²) in [6.07, 6.45) is 7.14. The van der Waals surface area contributed by atoms with E-state index >= 15 is 0 Å². The molecule has 1 aliphatic carbocycles. The average molecular weight is 197 g/mol. The van der Waals surface area contributed by atoms with Crippen LogP contribution < -0.4 is 5.32 Å². The maximum Gasteiger partial charge on any atom is 0.323 e. The van der Waals surface area contributed by atoms with Gasteiger partial charge in [0.25, 0.3) is 0 Å². The summed E-state index contributed by atoms with van der Waals surface area (Å²) in [5, 5.41) is 3.15. The van der Waals surface area contributed by atoms with Crippen molar-refractivity contribution in [2.45, 2.75) is 44.6 Å². The molecule has 0 spiro atoms. The van der Waals surface area contributed by atoms with Crippen LogP contribution in [0.2, 0.25) is 0 Å². The van der Waals surface area contributed by atoms with E-state index in [0.717, 1.165) is 31.7 Å². The molecular weight excluding hydrogens is 178 g/mol. The predicted octanol–water partition coefficient (Wildman–Crippen LogP) is 1.47. The predicted molar refractivity (Wildman–Crippen MR) is 53.9 cm³/mol. The maximum atomic E-state index is 11.4. The molecule has 80 valence electrons. The summed E-state index contributed by atoms with van der Waals surface area (Å²) in [5.74, 6) is 0.793. The quantitative estimate of drug-likeness (QED) is 0.694. The lowest BCUT2D eigenvalue weighted by Gasteiger charge is -2.25. The third-order valence-electron chi connectivity index (χ3n) is 3.34. The van der Waals surface area contributed by atoms with E-state index in [2.05, 4.69) is 5.32 Å². The Balaban J connectivity index is 1.57. The van der Waals surface area contributed by atoms with Crippen molar-refractivity contribution in [1.82, 2.24) is 5.32 Å². The molecule has 2 fully saturated rings. The fourth-order valence-electron chi connectivity index (χ4n) is 2.09. The second-order valence-electron chi connectivity index (χ2n) is 4.40. The van der Waals surface area contributed by atoms with Gasteiger partial charge in [0, 0.05) is 0 Å². The van der Waals surface area contributed by atoms with E-state index < -0.39 is 0 Å². The fraction of sp³-hybridized carbons (Fsp3) is 0.909. The van der Waals surface area contributed by atoms with Gasteiger partial charge < -0.3 is 10.1 Å². The van der Waals surface area contributed by atoms with Crippen LogP contribution in [-0.2, 0) is 9.53 Å². The molecule has 14 heavy (non-hydrogen) atoms. The minimum atomic E-state index is -0.0400. The Kier molecular flexibility index (Phi) is 3.40. The number of rotatable bonds is 4. The number of hydrogen-bond acceptors (Lipinski definition) is 3. The highest BCUT2D eigenvalue weighted by Crippen LogP contribution is 2.29. The highest BCUT2D eigenvalue weighted by molar-refractivity contribution is 5.76. The largest absolute Gasteiger partial charge is 0.465 e. The second kappa shape index (κ2) is 4.78. The number of carbonyl (C=O) groups is 1. The van der Waals surface area contributed by atoms with Crippen LogP contribution in [0.1, 0.15) is 38.5 Å². The minimum absolute atomic E-state index is 0.0172. The van der Waals surface area contributed by atoms with Gasteiger partial charge in [0.2, 0.25) is 0 Å². The van der Waals surface area contributed by atoms with Crippen molar-refractivity contribution in [3.63, 3.8) is 0 Å². The number of esters is 1. The lowest BCUT2D eigenvalue weighted by molar-refractivity contribution is -0.146. The van der Waals surface area contributed by atoms with Crippen molar-refractivity contribution >= 4 is 5.97 Å². The Morgan fingerprint density at radius 2 is 2.14 bits per heavy atom. The van der Waals surface area contributed by atoms with Gasteiger partial charge in [0.1, 0.15) is 6.04 Å². The van der Waals surface area contributed by atoms with Crippen LogP contribution in [0.3, 0.4) is 0 Å². The summed E-state index contributed by atoms with van der Waals surface area (Å²) in [6.45, 7) is 1.59. The molecule has 0 aromatic rings. The van der Waals surface area contributed by atoms with E-state index in [0.29, 0.717) is 6.61 Å². The van der Waals surface area contributed by atoms with Crippen molar-refractivity contribution in [1.29, 1.82) is 0 Å². The van der Waals surface area contributed by atoms with E-state index in [1.54, 1.807) is 0 Å². The van der Waals surface area contributed by atoms with Crippen LogP contribution in [0.15, 0.2) is 0 Å². The molecule has 1 heterocycles. The summed E-state index contributed by atoms with van der Waals surface area (Å²) < 4.78 is 5.23. The third kappa shape index (κ3) is 2.47. The van der Waals surface area contributed by atoms with E-state index in [1.165, 1.54) is 19.3 Å². The minimum Gasteiger partial charge on any atom is -0.465 e. The SMILES string of the molecule is O=C(OCCC1CCC1)[C@@H]1CCCN1. The molecule has 2 rings (SSSR count). The summed E-state index contributed by atoms with van der Waals surface area (Å²) in [5.41, 5.74) is 0. The van der Waals surface area contributed by atoms with Gasteiger partial charge in [-0.2, -0.15) is 0 Å². The number of nitrogens with one attached hydrogen (secondary N) is 1. The lowest BCUT2D eigenvalue weighted by atomic mass is 9.83.